The molecule has 0 amide bonds. The summed E-state index contributed by atoms with van der Waals surface area (Å²) in [7, 11) is -1.44. The molecule has 0 saturated heterocycles. The number of aromatic hydroxyl groups is 2. The van der Waals surface area contributed by atoms with Crippen LogP contribution in [0.1, 0.15) is 126 Å². The zero-order valence-corrected chi connectivity index (χ0v) is 25.3. The van der Waals surface area contributed by atoms with E-state index in [1.807, 2.05) is 0 Å². The fourth-order valence-corrected chi connectivity index (χ4v) is 9.24. The predicted molar refractivity (Wildman–Crippen MR) is 156 cm³/mol. The molecule has 196 valence electrons. The van der Waals surface area contributed by atoms with Crippen LogP contribution in [0, 0.1) is 0 Å². The Morgan fingerprint density at radius 2 is 0.800 bits per heavy atom. The summed E-state index contributed by atoms with van der Waals surface area (Å²) in [5.74, 6) is 2.31. The molecular weight excluding hydrogens is 444 g/mol. The molecule has 0 bridgehead atoms. The van der Waals surface area contributed by atoms with Crippen LogP contribution < -0.4 is 0 Å². The van der Waals surface area contributed by atoms with Crippen LogP contribution in [0.2, 0.25) is 24.2 Å². The van der Waals surface area contributed by atoms with Gasteiger partial charge in [0.15, 0.2) is 0 Å². The lowest BCUT2D eigenvalue weighted by Crippen LogP contribution is -2.33. The average molecular weight is 497 g/mol. The Kier molecular flexibility index (Phi) is 10.5. The van der Waals surface area contributed by atoms with Gasteiger partial charge in [-0.1, -0.05) is 118 Å². The van der Waals surface area contributed by atoms with Crippen LogP contribution in [0.25, 0.3) is 0 Å². The fraction of sp³-hybridized carbons (Fsp3) is 0.625. The molecule has 2 aromatic carbocycles. The van der Waals surface area contributed by atoms with Gasteiger partial charge in [0, 0.05) is 0 Å². The van der Waals surface area contributed by atoms with Crippen LogP contribution in [-0.4, -0.2) is 18.3 Å². The Bertz CT molecular complexity index is 834. The van der Waals surface area contributed by atoms with E-state index in [1.165, 1.54) is 35.3 Å². The van der Waals surface area contributed by atoms with Crippen LogP contribution in [0.4, 0.5) is 0 Å². The molecule has 0 heterocycles. The second-order valence-electron chi connectivity index (χ2n) is 12.1. The molecule has 0 fully saturated rings. The fourth-order valence-electron chi connectivity index (χ4n) is 5.44. The molecule has 0 aliphatic heterocycles. The lowest BCUT2D eigenvalue weighted by molar-refractivity contribution is 0.453. The molecule has 0 aromatic heterocycles. The van der Waals surface area contributed by atoms with Gasteiger partial charge in [-0.05, 0) is 69.9 Å². The number of phenols is 2. The van der Waals surface area contributed by atoms with E-state index in [0.717, 1.165) is 35.1 Å². The largest absolute Gasteiger partial charge is 0.507 e. The maximum absolute atomic E-state index is 10.8. The molecule has 2 nitrogen and oxygen atoms in total. The van der Waals surface area contributed by atoms with E-state index in [2.05, 4.69) is 93.5 Å². The van der Waals surface area contributed by atoms with Gasteiger partial charge in [-0.15, -0.1) is 0 Å². The molecule has 35 heavy (non-hydrogen) atoms. The standard InChI is InChI=1S/C32H52O2Si/c1-11-35(12-2,15-13-25-17-27(21(3)4)31(33)28(18-25)22(5)6)16-14-26-19-29(23(7)8)32(34)30(20-26)24(9)10/h17-24,33-34H,11-16H2,1-10H3. The highest BCUT2D eigenvalue weighted by Gasteiger charge is 2.29. The minimum absolute atomic E-state index is 0.326. The summed E-state index contributed by atoms with van der Waals surface area (Å²) in [6.45, 7) is 22.2. The van der Waals surface area contributed by atoms with Crippen LogP contribution in [0.3, 0.4) is 0 Å². The van der Waals surface area contributed by atoms with Gasteiger partial charge in [-0.3, -0.25) is 0 Å². The Labute approximate surface area is 217 Å². The van der Waals surface area contributed by atoms with Gasteiger partial charge in [0.25, 0.3) is 0 Å². The van der Waals surface area contributed by atoms with E-state index < -0.39 is 8.07 Å². The summed E-state index contributed by atoms with van der Waals surface area (Å²) in [5, 5.41) is 21.6. The maximum Gasteiger partial charge on any atom is 0.122 e. The van der Waals surface area contributed by atoms with Crippen molar-refractivity contribution in [2.75, 3.05) is 0 Å². The molecule has 0 atom stereocenters. The normalized spacial score (nSPS) is 12.5. The molecule has 2 aromatic rings. The number of hydrogen-bond donors (Lipinski definition) is 2. The third kappa shape index (κ3) is 7.15. The summed E-state index contributed by atoms with van der Waals surface area (Å²) in [4.78, 5) is 0. The smallest absolute Gasteiger partial charge is 0.122 e. The monoisotopic (exact) mass is 496 g/mol. The van der Waals surface area contributed by atoms with Gasteiger partial charge >= 0.3 is 0 Å². The minimum atomic E-state index is -1.44. The lowest BCUT2D eigenvalue weighted by atomic mass is 9.91. The molecule has 3 heteroatoms. The first kappa shape index (κ1) is 29.5. The average Bonchev–Trinajstić information content (AvgIpc) is 2.80. The zero-order valence-electron chi connectivity index (χ0n) is 24.3. The first-order valence-corrected chi connectivity index (χ1v) is 16.9. The van der Waals surface area contributed by atoms with Crippen LogP contribution in [-0.2, 0) is 12.8 Å². The van der Waals surface area contributed by atoms with Crippen molar-refractivity contribution in [3.8, 4) is 11.5 Å². The van der Waals surface area contributed by atoms with Crippen LogP contribution >= 0.6 is 0 Å². The third-order valence-corrected chi connectivity index (χ3v) is 14.0. The summed E-state index contributed by atoms with van der Waals surface area (Å²) in [6, 6.07) is 14.3. The molecule has 0 aliphatic rings. The molecule has 0 spiro atoms. The Hall–Kier alpha value is -1.74. The highest BCUT2D eigenvalue weighted by Crippen LogP contribution is 2.38. The number of rotatable bonds is 12. The summed E-state index contributed by atoms with van der Waals surface area (Å²) < 4.78 is 0. The van der Waals surface area contributed by atoms with Gasteiger partial charge < -0.3 is 10.2 Å². The highest BCUT2D eigenvalue weighted by molar-refractivity contribution is 6.79. The third-order valence-electron chi connectivity index (χ3n) is 8.33. The van der Waals surface area contributed by atoms with Gasteiger partial charge in [0.2, 0.25) is 0 Å². The number of benzene rings is 2. The zero-order chi connectivity index (χ0) is 26.5. The van der Waals surface area contributed by atoms with E-state index in [4.69, 9.17) is 0 Å². The number of phenolic OH excluding ortho intramolecular Hbond substituents is 2. The minimum Gasteiger partial charge on any atom is -0.507 e. The van der Waals surface area contributed by atoms with Gasteiger partial charge in [0.05, 0.1) is 8.07 Å². The van der Waals surface area contributed by atoms with E-state index in [-0.39, 0.29) is 0 Å². The number of hydrogen-bond acceptors (Lipinski definition) is 2. The Morgan fingerprint density at radius 3 is 1.00 bits per heavy atom. The van der Waals surface area contributed by atoms with E-state index in [0.29, 0.717) is 35.2 Å². The maximum atomic E-state index is 10.8. The predicted octanol–water partition coefficient (Wildman–Crippen LogP) is 9.87. The second kappa shape index (κ2) is 12.5. The van der Waals surface area contributed by atoms with Crippen LogP contribution in [0.15, 0.2) is 24.3 Å². The summed E-state index contributed by atoms with van der Waals surface area (Å²) in [6.07, 6.45) is 2.22. The van der Waals surface area contributed by atoms with E-state index in [9.17, 15) is 10.2 Å². The summed E-state index contributed by atoms with van der Waals surface area (Å²) >= 11 is 0. The highest BCUT2D eigenvalue weighted by atomic mass is 28.3. The molecular formula is C32H52O2Si. The summed E-state index contributed by atoms with van der Waals surface area (Å²) in [5.41, 5.74) is 7.16. The molecule has 2 N–H and O–H groups in total. The van der Waals surface area contributed by atoms with E-state index in [1.54, 1.807) is 0 Å². The lowest BCUT2D eigenvalue weighted by Gasteiger charge is -2.30. The Morgan fingerprint density at radius 1 is 0.543 bits per heavy atom. The van der Waals surface area contributed by atoms with Gasteiger partial charge in [-0.2, -0.15) is 0 Å². The van der Waals surface area contributed by atoms with Crippen molar-refractivity contribution in [3.63, 3.8) is 0 Å². The van der Waals surface area contributed by atoms with Crippen molar-refractivity contribution in [2.45, 2.75) is 130 Å². The quantitative estimate of drug-likeness (QED) is 0.287. The van der Waals surface area contributed by atoms with Crippen molar-refractivity contribution in [1.82, 2.24) is 0 Å². The van der Waals surface area contributed by atoms with Crippen molar-refractivity contribution >= 4 is 8.07 Å². The molecule has 0 saturated carbocycles. The van der Waals surface area contributed by atoms with E-state index >= 15 is 0 Å². The first-order chi connectivity index (χ1) is 16.4. The molecule has 2 rings (SSSR count). The molecule has 0 aliphatic carbocycles. The van der Waals surface area contributed by atoms with Gasteiger partial charge in [-0.25, -0.2) is 0 Å². The van der Waals surface area contributed by atoms with Crippen molar-refractivity contribution in [1.29, 1.82) is 0 Å². The molecule has 0 radical (unpaired) electrons. The molecule has 0 unspecified atom stereocenters. The topological polar surface area (TPSA) is 40.5 Å². The van der Waals surface area contributed by atoms with Gasteiger partial charge in [0.1, 0.15) is 11.5 Å². The van der Waals surface area contributed by atoms with Crippen molar-refractivity contribution in [3.05, 3.63) is 57.6 Å². The van der Waals surface area contributed by atoms with Crippen LogP contribution in [0.5, 0.6) is 11.5 Å². The van der Waals surface area contributed by atoms with Crippen molar-refractivity contribution < 1.29 is 10.2 Å². The SMILES string of the molecule is CC[Si](CC)(CCc1cc(C(C)C)c(O)c(C(C)C)c1)CCc1cc(C(C)C)c(O)c(C(C)C)c1. The number of aryl methyl sites for hydroxylation is 2. The second-order valence-corrected chi connectivity index (χ2v) is 17.5. The Balaban J connectivity index is 2.29. The first-order valence-electron chi connectivity index (χ1n) is 14.1. The van der Waals surface area contributed by atoms with Crippen molar-refractivity contribution in [2.24, 2.45) is 0 Å².